The van der Waals surface area contributed by atoms with Crippen LogP contribution >= 0.6 is 9.12 Å². The highest BCUT2D eigenvalue weighted by molar-refractivity contribution is 7.00. The molecule has 1 aliphatic rings. The van der Waals surface area contributed by atoms with Gasteiger partial charge in [0.15, 0.2) is 0 Å². The molecule has 142 valence electrons. The second-order valence-corrected chi connectivity index (χ2v) is 3.46. The van der Waals surface area contributed by atoms with Gasteiger partial charge in [-0.3, -0.25) is 23.7 Å². The fourth-order valence-corrected chi connectivity index (χ4v) is 0.913. The molecule has 0 aromatic heterocycles. The molecule has 0 saturated heterocycles. The molecule has 3 N–H and O–H groups in total. The summed E-state index contributed by atoms with van der Waals surface area (Å²) in [6, 6.07) is 0. The minimum atomic E-state index is -4.95. The first kappa shape index (κ1) is 26.9. The van der Waals surface area contributed by atoms with Gasteiger partial charge in [-0.15, -0.1) is 0 Å². The molecule has 0 radical (unpaired) electrons. The van der Waals surface area contributed by atoms with E-state index in [1.807, 2.05) is 6.92 Å². The molecule has 1 amide bonds. The number of nitrogens with two attached hydrogens (primary N) is 1. The summed E-state index contributed by atoms with van der Waals surface area (Å²) in [6.07, 6.45) is -5.72. The minimum absolute atomic E-state index is 0.00231. The Labute approximate surface area is 139 Å². The van der Waals surface area contributed by atoms with Gasteiger partial charge in [0.05, 0.1) is 13.0 Å². The number of rotatable bonds is 3. The van der Waals surface area contributed by atoms with Crippen LogP contribution in [-0.4, -0.2) is 44.7 Å². The van der Waals surface area contributed by atoms with Crippen LogP contribution in [0.4, 0.5) is 17.9 Å². The van der Waals surface area contributed by atoms with Crippen molar-refractivity contribution in [2.45, 2.75) is 32.9 Å². The first-order valence-electron chi connectivity index (χ1n) is 6.40. The van der Waals surface area contributed by atoms with Crippen molar-refractivity contribution in [3.05, 3.63) is 0 Å². The van der Waals surface area contributed by atoms with Crippen LogP contribution in [-0.2, 0) is 23.7 Å². The molecule has 0 fully saturated rings. The Morgan fingerprint density at radius 2 is 1.88 bits per heavy atom. The van der Waals surface area contributed by atoms with E-state index in [-0.39, 0.29) is 12.5 Å². The highest BCUT2D eigenvalue weighted by Crippen LogP contribution is 2.17. The lowest BCUT2D eigenvalue weighted by Crippen LogP contribution is -2.26. The summed E-state index contributed by atoms with van der Waals surface area (Å²) in [5, 5.41) is 3.63. The first-order chi connectivity index (χ1) is 11.7. The standard InChI is InChI=1S/C6H7F3O3.C4H6N2O.CH5N.FH.HOP/c1-2-12-5(11)3-4(10)6(7,8)9;1-3-2-4(7)6-5-3;1-2;;1-2/h2-3H2,1H3;2H2,1H3,(H,6,7);2H2,1H3;1H;2H/i/hT. The first-order valence-corrected chi connectivity index (χ1v) is 6.43. The molecule has 0 aliphatic carbocycles. The number of hydrogen-bond donors (Lipinski definition) is 2. The van der Waals surface area contributed by atoms with Gasteiger partial charge >= 0.3 is 12.1 Å². The third kappa shape index (κ3) is 18.1. The number of esters is 1. The molecule has 13 heteroatoms. The van der Waals surface area contributed by atoms with Crippen LogP contribution in [0.15, 0.2) is 5.10 Å². The molecular formula is C11H20F4N3O5P. The van der Waals surface area contributed by atoms with Gasteiger partial charge in [0, 0.05) is 5.71 Å². The number of amides is 1. The van der Waals surface area contributed by atoms with Crippen molar-refractivity contribution in [1.82, 2.24) is 5.43 Å². The van der Waals surface area contributed by atoms with Crippen molar-refractivity contribution < 1.29 is 41.6 Å². The lowest BCUT2D eigenvalue weighted by Gasteiger charge is -2.03. The predicted octanol–water partition coefficient (Wildman–Crippen LogP) is 1.16. The van der Waals surface area contributed by atoms with Crippen LogP contribution in [0.2, 0.25) is 0 Å². The van der Waals surface area contributed by atoms with Gasteiger partial charge in [0.25, 0.3) is 1.45 Å². The Balaban J connectivity index is -0.000000143. The Kier molecular flexibility index (Phi) is 19.5. The lowest BCUT2D eigenvalue weighted by molar-refractivity contribution is -0.174. The van der Waals surface area contributed by atoms with Crippen molar-refractivity contribution in [3.63, 3.8) is 0 Å². The topological polar surface area (TPSA) is 128 Å². The summed E-state index contributed by atoms with van der Waals surface area (Å²) in [6.45, 7) is 3.22. The zero-order chi connectivity index (χ0) is 21.1. The van der Waals surface area contributed by atoms with E-state index >= 15 is 0 Å². The Bertz CT molecular complexity index is 425. The van der Waals surface area contributed by atoms with Gasteiger partial charge in [0.2, 0.25) is 11.7 Å². The van der Waals surface area contributed by atoms with E-state index in [4.69, 9.17) is 9.28 Å². The molecule has 24 heavy (non-hydrogen) atoms. The van der Waals surface area contributed by atoms with Crippen LogP contribution in [0.3, 0.4) is 0 Å². The molecule has 8 nitrogen and oxygen atoms in total. The van der Waals surface area contributed by atoms with E-state index in [9.17, 15) is 27.6 Å². The van der Waals surface area contributed by atoms with E-state index in [0.29, 0.717) is 6.42 Å². The average Bonchev–Trinajstić information content (AvgIpc) is 2.96. The Morgan fingerprint density at radius 1 is 1.42 bits per heavy atom. The van der Waals surface area contributed by atoms with E-state index < -0.39 is 24.3 Å². The molecule has 0 aromatic rings. The van der Waals surface area contributed by atoms with Gasteiger partial charge in [-0.05, 0) is 20.9 Å². The quantitative estimate of drug-likeness (QED) is 0.326. The van der Waals surface area contributed by atoms with Crippen LogP contribution in [0, 0.1) is 0 Å². The number of ketones is 1. The van der Waals surface area contributed by atoms with Gasteiger partial charge in [-0.25, -0.2) is 5.43 Å². The van der Waals surface area contributed by atoms with Crippen LogP contribution in [0.5, 0.6) is 0 Å². The number of ether oxygens (including phenoxy) is 1. The fraction of sp³-hybridized carbons (Fsp3) is 0.636. The number of nitrogens with zero attached hydrogens (tertiary/aromatic N) is 1. The smallest absolute Gasteiger partial charge is 0.450 e. The summed E-state index contributed by atoms with van der Waals surface area (Å²) in [7, 11) is 3.22. The number of alkyl halides is 3. The molecule has 0 spiro atoms. The molecule has 0 unspecified atom stereocenters. The number of halogens is 4. The number of carbonyl (C=O) groups is 3. The molecular weight excluding hydrogens is 361 g/mol. The summed E-state index contributed by atoms with van der Waals surface area (Å²) in [5.74, 6) is -3.24. The molecule has 0 atom stereocenters. The highest BCUT2D eigenvalue weighted by atomic mass is 31.0. The second-order valence-electron chi connectivity index (χ2n) is 3.46. The zero-order valence-corrected chi connectivity index (χ0v) is 14.2. The van der Waals surface area contributed by atoms with Gasteiger partial charge in [-0.2, -0.15) is 18.3 Å². The fourth-order valence-electron chi connectivity index (χ4n) is 0.913. The average molecular weight is 383 g/mol. The van der Waals surface area contributed by atoms with Gasteiger partial charge in [-0.1, -0.05) is 0 Å². The molecule has 0 saturated carbocycles. The summed E-state index contributed by atoms with van der Waals surface area (Å²) in [4.78, 5) is 30.7. The van der Waals surface area contributed by atoms with Crippen molar-refractivity contribution >= 4 is 32.5 Å². The zero-order valence-electron chi connectivity index (χ0n) is 14.2. The SMILES string of the molecule is CC1=NNC(=O)C1.CCOC(=O)CC(=O)C(F)(F)F.CN.O=P.[3H]F. The number of hydrazone groups is 1. The summed E-state index contributed by atoms with van der Waals surface area (Å²) in [5.41, 5.74) is 7.68. The summed E-state index contributed by atoms with van der Waals surface area (Å²) < 4.78 is 59.7. The van der Waals surface area contributed by atoms with Crippen LogP contribution < -0.4 is 11.2 Å². The molecule has 1 heterocycles. The van der Waals surface area contributed by atoms with E-state index in [2.05, 4.69) is 22.4 Å². The van der Waals surface area contributed by atoms with Crippen molar-refractivity contribution in [3.8, 4) is 0 Å². The second kappa shape index (κ2) is 17.4. The summed E-state index contributed by atoms with van der Waals surface area (Å²) >= 11 is 0. The maximum Gasteiger partial charge on any atom is 0.450 e. The third-order valence-electron chi connectivity index (χ3n) is 1.71. The van der Waals surface area contributed by atoms with Crippen molar-refractivity contribution in [1.29, 1.82) is 1.45 Å². The maximum absolute atomic E-state index is 11.5. The van der Waals surface area contributed by atoms with Crippen molar-refractivity contribution in [2.75, 3.05) is 13.7 Å². The largest absolute Gasteiger partial charge is 0.466 e. The molecule has 0 aromatic carbocycles. The highest BCUT2D eigenvalue weighted by Gasteiger charge is 2.39. The normalized spacial score (nSPS) is 11.8. The van der Waals surface area contributed by atoms with Crippen molar-refractivity contribution in [2.24, 2.45) is 10.8 Å². The molecule has 1 rings (SSSR count). The monoisotopic (exact) mass is 383 g/mol. The van der Waals surface area contributed by atoms with Crippen LogP contribution in [0.25, 0.3) is 0 Å². The van der Waals surface area contributed by atoms with Gasteiger partial charge in [0.1, 0.15) is 15.5 Å². The Hall–Kier alpha value is -1.94. The van der Waals surface area contributed by atoms with E-state index in [0.717, 1.165) is 5.71 Å². The van der Waals surface area contributed by atoms with Crippen LogP contribution in [0.1, 0.15) is 26.7 Å². The number of carbonyl (C=O) groups excluding carboxylic acids is 3. The predicted molar refractivity (Wildman–Crippen MR) is 79.8 cm³/mol. The minimum Gasteiger partial charge on any atom is -0.466 e. The molecule has 1 aliphatic heterocycles. The Morgan fingerprint density at radius 3 is 2.08 bits per heavy atom. The number of nitrogens with one attached hydrogen (secondary N) is 1. The van der Waals surface area contributed by atoms with E-state index in [1.54, 1.807) is 9.12 Å². The lowest BCUT2D eigenvalue weighted by atomic mass is 10.3. The van der Waals surface area contributed by atoms with Gasteiger partial charge < -0.3 is 10.5 Å². The molecule has 0 bridgehead atoms. The number of hydrogen-bond acceptors (Lipinski definition) is 7. The number of Topliss-reactive ketones (excluding diaryl/α,β-unsaturated/α-hetero) is 1. The third-order valence-corrected chi connectivity index (χ3v) is 1.71. The maximum atomic E-state index is 11.5. The van der Waals surface area contributed by atoms with E-state index in [1.165, 1.54) is 14.0 Å².